The fourth-order valence-electron chi connectivity index (χ4n) is 1.94. The molecule has 1 aliphatic heterocycles. The van der Waals surface area contributed by atoms with E-state index >= 15 is 0 Å². The Kier molecular flexibility index (Phi) is 2.30. The van der Waals surface area contributed by atoms with Crippen molar-refractivity contribution in [2.75, 3.05) is 6.61 Å². The zero-order valence-corrected chi connectivity index (χ0v) is 7.46. The van der Waals surface area contributed by atoms with Gasteiger partial charge in [0.15, 0.2) is 0 Å². The third-order valence-corrected chi connectivity index (χ3v) is 2.79. The minimum absolute atomic E-state index is 0.0790. The molecule has 0 amide bonds. The molecule has 1 aliphatic carbocycles. The quantitative estimate of drug-likeness (QED) is 0.417. The van der Waals surface area contributed by atoms with Gasteiger partial charge in [0, 0.05) is 12.0 Å². The van der Waals surface area contributed by atoms with Crippen LogP contribution in [-0.4, -0.2) is 46.2 Å². The van der Waals surface area contributed by atoms with Crippen molar-refractivity contribution in [3.8, 4) is 0 Å². The monoisotopic (exact) mass is 200 g/mol. The van der Waals surface area contributed by atoms with Crippen LogP contribution in [0.1, 0.15) is 6.42 Å². The lowest BCUT2D eigenvalue weighted by Gasteiger charge is -2.38. The first-order chi connectivity index (χ1) is 6.59. The third kappa shape index (κ3) is 1.43. The second-order valence-corrected chi connectivity index (χ2v) is 3.71. The Morgan fingerprint density at radius 3 is 2.71 bits per heavy atom. The molecule has 5 nitrogen and oxygen atoms in total. The van der Waals surface area contributed by atoms with E-state index in [-0.39, 0.29) is 18.9 Å². The number of carbonyl (C=O) groups is 1. The van der Waals surface area contributed by atoms with Crippen molar-refractivity contribution in [2.24, 2.45) is 5.92 Å². The lowest BCUT2D eigenvalue weighted by atomic mass is 9.78. The van der Waals surface area contributed by atoms with Crippen molar-refractivity contribution in [1.29, 1.82) is 0 Å². The van der Waals surface area contributed by atoms with Crippen molar-refractivity contribution in [1.82, 2.24) is 0 Å². The van der Waals surface area contributed by atoms with Gasteiger partial charge in [-0.25, -0.2) is 4.79 Å². The summed E-state index contributed by atoms with van der Waals surface area (Å²) < 4.78 is 4.73. The summed E-state index contributed by atoms with van der Waals surface area (Å²) in [4.78, 5) is 10.9. The molecule has 0 radical (unpaired) electrons. The molecule has 3 N–H and O–H groups in total. The summed E-state index contributed by atoms with van der Waals surface area (Å²) in [5.74, 6) is -0.821. The summed E-state index contributed by atoms with van der Waals surface area (Å²) in [6.45, 7) is 0.0790. The molecular weight excluding hydrogens is 188 g/mol. The van der Waals surface area contributed by atoms with Crippen molar-refractivity contribution in [2.45, 2.75) is 24.7 Å². The van der Waals surface area contributed by atoms with Crippen molar-refractivity contribution in [3.63, 3.8) is 0 Å². The zero-order valence-electron chi connectivity index (χ0n) is 7.46. The first-order valence-electron chi connectivity index (χ1n) is 4.51. The van der Waals surface area contributed by atoms with Crippen LogP contribution in [0, 0.1) is 5.92 Å². The Labute approximate surface area is 80.6 Å². The van der Waals surface area contributed by atoms with Crippen LogP contribution >= 0.6 is 0 Å². The Hall–Kier alpha value is -0.910. The first-order valence-corrected chi connectivity index (χ1v) is 4.51. The Balaban J connectivity index is 2.25. The van der Waals surface area contributed by atoms with Crippen LogP contribution in [0.3, 0.4) is 0 Å². The molecule has 0 saturated heterocycles. The minimum atomic E-state index is -1.16. The van der Waals surface area contributed by atoms with Gasteiger partial charge in [0.05, 0.1) is 12.2 Å². The molecule has 1 heterocycles. The van der Waals surface area contributed by atoms with E-state index in [9.17, 15) is 20.1 Å². The minimum Gasteiger partial charge on any atom is -0.462 e. The first kappa shape index (κ1) is 9.64. The van der Waals surface area contributed by atoms with Crippen LogP contribution in [-0.2, 0) is 9.53 Å². The largest absolute Gasteiger partial charge is 0.462 e. The molecule has 0 aromatic carbocycles. The van der Waals surface area contributed by atoms with Crippen LogP contribution in [0.2, 0.25) is 0 Å². The predicted molar refractivity (Wildman–Crippen MR) is 45.2 cm³/mol. The summed E-state index contributed by atoms with van der Waals surface area (Å²) >= 11 is 0. The number of ether oxygens (including phenoxy) is 1. The van der Waals surface area contributed by atoms with Gasteiger partial charge in [-0.15, -0.1) is 0 Å². The number of hydrogen-bond donors (Lipinski definition) is 3. The molecule has 4 unspecified atom stereocenters. The molecule has 1 saturated carbocycles. The molecule has 5 heteroatoms. The fourth-order valence-corrected chi connectivity index (χ4v) is 1.94. The van der Waals surface area contributed by atoms with E-state index in [1.165, 1.54) is 6.08 Å². The number of cyclic esters (lactones) is 1. The van der Waals surface area contributed by atoms with Gasteiger partial charge in [-0.05, 0) is 6.42 Å². The summed E-state index contributed by atoms with van der Waals surface area (Å²) in [6.07, 6.45) is -1.71. The number of esters is 1. The standard InChI is InChI=1S/C9H12O5/c10-6-1-4-2-7(11)14-3-5(4)8(12)9(6)13/h2,5-6,8-10,12-13H,1,3H2. The van der Waals surface area contributed by atoms with Gasteiger partial charge in [-0.1, -0.05) is 5.57 Å². The van der Waals surface area contributed by atoms with E-state index in [0.717, 1.165) is 0 Å². The number of rotatable bonds is 0. The van der Waals surface area contributed by atoms with E-state index in [4.69, 9.17) is 4.74 Å². The molecule has 0 aromatic rings. The summed E-state index contributed by atoms with van der Waals surface area (Å²) in [6, 6.07) is 0. The molecule has 4 atom stereocenters. The highest BCUT2D eigenvalue weighted by Gasteiger charge is 2.41. The summed E-state index contributed by atoms with van der Waals surface area (Å²) in [7, 11) is 0. The number of hydrogen-bond acceptors (Lipinski definition) is 5. The number of aliphatic hydroxyl groups is 3. The van der Waals surface area contributed by atoms with Crippen LogP contribution < -0.4 is 0 Å². The van der Waals surface area contributed by atoms with Crippen LogP contribution in [0.25, 0.3) is 0 Å². The Bertz CT molecular complexity index is 285. The van der Waals surface area contributed by atoms with E-state index in [0.29, 0.717) is 5.57 Å². The molecular formula is C9H12O5. The van der Waals surface area contributed by atoms with E-state index in [1.807, 2.05) is 0 Å². The maximum absolute atomic E-state index is 10.9. The third-order valence-electron chi connectivity index (χ3n) is 2.79. The second kappa shape index (κ2) is 3.34. The number of carbonyl (C=O) groups excluding carboxylic acids is 1. The van der Waals surface area contributed by atoms with Crippen LogP contribution in [0.15, 0.2) is 11.6 Å². The van der Waals surface area contributed by atoms with E-state index < -0.39 is 24.3 Å². The average Bonchev–Trinajstić information content (AvgIpc) is 2.14. The van der Waals surface area contributed by atoms with Crippen molar-refractivity contribution < 1.29 is 24.9 Å². The maximum Gasteiger partial charge on any atom is 0.330 e. The Morgan fingerprint density at radius 1 is 1.29 bits per heavy atom. The highest BCUT2D eigenvalue weighted by Crippen LogP contribution is 2.32. The van der Waals surface area contributed by atoms with Crippen molar-refractivity contribution in [3.05, 3.63) is 11.6 Å². The summed E-state index contributed by atoms with van der Waals surface area (Å²) in [5.41, 5.74) is 0.659. The maximum atomic E-state index is 10.9. The average molecular weight is 200 g/mol. The molecule has 0 bridgehead atoms. The molecule has 78 valence electrons. The predicted octanol–water partition coefficient (Wildman–Crippen LogP) is -1.43. The Morgan fingerprint density at radius 2 is 2.00 bits per heavy atom. The van der Waals surface area contributed by atoms with Gasteiger partial charge in [-0.3, -0.25) is 0 Å². The number of fused-ring (bicyclic) bond motifs is 1. The molecule has 2 rings (SSSR count). The van der Waals surface area contributed by atoms with Gasteiger partial charge in [0.25, 0.3) is 0 Å². The van der Waals surface area contributed by atoms with Crippen molar-refractivity contribution >= 4 is 5.97 Å². The lowest BCUT2D eigenvalue weighted by Crippen LogP contribution is -2.50. The van der Waals surface area contributed by atoms with Gasteiger partial charge < -0.3 is 20.1 Å². The van der Waals surface area contributed by atoms with Crippen LogP contribution in [0.4, 0.5) is 0 Å². The SMILES string of the molecule is O=C1C=C2CC(O)C(O)C(O)C2CO1. The second-order valence-electron chi connectivity index (χ2n) is 3.71. The molecule has 1 fully saturated rings. The summed E-state index contributed by atoms with van der Waals surface area (Å²) in [5, 5.41) is 28.3. The highest BCUT2D eigenvalue weighted by molar-refractivity contribution is 5.83. The molecule has 0 aromatic heterocycles. The molecule has 14 heavy (non-hydrogen) atoms. The van der Waals surface area contributed by atoms with Gasteiger partial charge in [0.2, 0.25) is 0 Å². The van der Waals surface area contributed by atoms with Gasteiger partial charge in [0.1, 0.15) is 12.7 Å². The fraction of sp³-hybridized carbons (Fsp3) is 0.667. The topological polar surface area (TPSA) is 87.0 Å². The van der Waals surface area contributed by atoms with Crippen LogP contribution in [0.5, 0.6) is 0 Å². The zero-order chi connectivity index (χ0) is 10.3. The lowest BCUT2D eigenvalue weighted by molar-refractivity contribution is -0.147. The molecule has 2 aliphatic rings. The van der Waals surface area contributed by atoms with Gasteiger partial charge in [-0.2, -0.15) is 0 Å². The highest BCUT2D eigenvalue weighted by atomic mass is 16.5. The van der Waals surface area contributed by atoms with E-state index in [1.54, 1.807) is 0 Å². The van der Waals surface area contributed by atoms with Gasteiger partial charge >= 0.3 is 5.97 Å². The molecule has 0 spiro atoms. The van der Waals surface area contributed by atoms with E-state index in [2.05, 4.69) is 0 Å². The number of aliphatic hydroxyl groups excluding tert-OH is 3. The normalized spacial score (nSPS) is 42.5. The smallest absolute Gasteiger partial charge is 0.330 e.